The number of nitrogens with zero attached hydrogens (tertiary/aromatic N) is 7. The van der Waals surface area contributed by atoms with Gasteiger partial charge in [0, 0.05) is 99.6 Å². The molecule has 4 amide bonds. The van der Waals surface area contributed by atoms with Crippen molar-refractivity contribution in [3.8, 4) is 21.9 Å². The first-order chi connectivity index (χ1) is 46.8. The summed E-state index contributed by atoms with van der Waals surface area (Å²) in [5, 5.41) is 33.8. The number of anilines is 2. The number of benzene rings is 4. The lowest BCUT2D eigenvalue weighted by Gasteiger charge is -2.39. The van der Waals surface area contributed by atoms with Crippen molar-refractivity contribution in [3.63, 3.8) is 0 Å². The summed E-state index contributed by atoms with van der Waals surface area (Å²) < 4.78 is 36.6. The molecule has 4 aliphatic rings. The summed E-state index contributed by atoms with van der Waals surface area (Å²) >= 11 is 7.85. The first kappa shape index (κ1) is 71.0. The van der Waals surface area contributed by atoms with Gasteiger partial charge in [-0.25, -0.2) is 23.1 Å². The number of aromatic nitrogens is 3. The third kappa shape index (κ3) is 17.8. The molecule has 3 atom stereocenters. The molecular formula is C73H89ClN12O10S2. The van der Waals surface area contributed by atoms with Gasteiger partial charge < -0.3 is 45.5 Å². The number of pyridine rings is 1. The second-order valence-electron chi connectivity index (χ2n) is 28.4. The van der Waals surface area contributed by atoms with Crippen LogP contribution in [0.5, 0.6) is 11.5 Å². The normalized spacial score (nSPS) is 18.4. The van der Waals surface area contributed by atoms with Gasteiger partial charge in [-0.1, -0.05) is 94.6 Å². The number of hydrogen-bond acceptors (Lipinski definition) is 17. The van der Waals surface area contributed by atoms with Crippen LogP contribution in [-0.2, 0) is 31.0 Å². The van der Waals surface area contributed by atoms with Gasteiger partial charge in [-0.05, 0) is 159 Å². The van der Waals surface area contributed by atoms with Gasteiger partial charge in [0.1, 0.15) is 34.9 Å². The van der Waals surface area contributed by atoms with E-state index < -0.39 is 60.9 Å². The fraction of sp³-hybridized carbons (Fsp3) is 0.452. The van der Waals surface area contributed by atoms with Gasteiger partial charge in [0.15, 0.2) is 0 Å². The zero-order valence-electron chi connectivity index (χ0n) is 56.6. The highest BCUT2D eigenvalue weighted by Crippen LogP contribution is 2.44. The second kappa shape index (κ2) is 30.9. The van der Waals surface area contributed by atoms with Gasteiger partial charge in [-0.15, -0.1) is 11.3 Å². The number of nitrogens with one attached hydrogen (secondary N) is 5. The molecule has 25 heteroatoms. The number of ether oxygens (including phenoxy) is 1. The molecule has 0 spiro atoms. The van der Waals surface area contributed by atoms with Crippen molar-refractivity contribution in [2.45, 2.75) is 135 Å². The Morgan fingerprint density at radius 1 is 0.898 bits per heavy atom. The summed E-state index contributed by atoms with van der Waals surface area (Å²) in [6, 6.07) is 26.4. The summed E-state index contributed by atoms with van der Waals surface area (Å²) in [4.78, 5) is 88.3. The number of aromatic amines is 1. The minimum absolute atomic E-state index is 0.0127. The van der Waals surface area contributed by atoms with Gasteiger partial charge in [0.25, 0.3) is 21.6 Å². The zero-order valence-corrected chi connectivity index (χ0v) is 59.0. The summed E-state index contributed by atoms with van der Waals surface area (Å²) in [6.07, 6.45) is 9.75. The Morgan fingerprint density at radius 2 is 1.64 bits per heavy atom. The van der Waals surface area contributed by atoms with Gasteiger partial charge >= 0.3 is 0 Å². The van der Waals surface area contributed by atoms with E-state index in [1.165, 1.54) is 46.0 Å². The molecule has 0 bridgehead atoms. The molecule has 0 radical (unpaired) electrons. The molecule has 11 rings (SSSR count). The standard InChI is InChI=1S/C73H89ClN12O10S2/c1-47-66(97-46-79-47)51-13-11-48(12-14-51)42-78-70(90)63-38-56(87)45-85(63)71(91)67(72(2,3)4)80-65(88)10-8-7-9-29-82-30-25-49(26-31-82)41-76-61-22-20-58(39-62(61)86(92)93)98(94,95)81-69(89)59-21-19-55(37-64(59)96-57-36-52-24-28-75-68(52)77-43-57)84-34-32-83(33-35-84)44-53-23-27-73(5,6)40-60(53)50-15-17-54(74)18-16-50/h11-22,24,28,36-37,39,43,46,49,56,63,67,76,87H,7-10,23,25-27,29-35,38,40-42,44-45H2,1-6H3,(H,75,77)(H,78,90)(H,80,88)(H,81,89)/t56-,63+,67-/m1/s1. The van der Waals surface area contributed by atoms with E-state index in [1.807, 2.05) is 75.7 Å². The maximum Gasteiger partial charge on any atom is 0.293 e. The van der Waals surface area contributed by atoms with E-state index in [-0.39, 0.29) is 66.1 Å². The molecule has 4 aromatic carbocycles. The molecule has 520 valence electrons. The number of aryl methyl sites for hydroxylation is 1. The van der Waals surface area contributed by atoms with Crippen LogP contribution in [0.1, 0.15) is 126 Å². The Balaban J connectivity index is 0.637. The van der Waals surface area contributed by atoms with Crippen LogP contribution in [0.15, 0.2) is 125 Å². The zero-order chi connectivity index (χ0) is 69.5. The lowest BCUT2D eigenvalue weighted by molar-refractivity contribution is -0.384. The highest BCUT2D eigenvalue weighted by atomic mass is 35.5. The van der Waals surface area contributed by atoms with Crippen LogP contribution >= 0.6 is 22.9 Å². The highest BCUT2D eigenvalue weighted by Gasteiger charge is 2.45. The number of fused-ring (bicyclic) bond motifs is 1. The molecule has 3 aromatic heterocycles. The lowest BCUT2D eigenvalue weighted by atomic mass is 9.72. The third-order valence-electron chi connectivity index (χ3n) is 19.4. The number of nitro groups is 1. The molecule has 22 nitrogen and oxygen atoms in total. The number of amides is 4. The number of thiazole rings is 1. The van der Waals surface area contributed by atoms with Crippen LogP contribution in [0.2, 0.25) is 5.02 Å². The number of hydrogen-bond donors (Lipinski definition) is 6. The number of allylic oxidation sites excluding steroid dienone is 1. The van der Waals surface area contributed by atoms with Crippen LogP contribution in [0.4, 0.5) is 17.1 Å². The molecule has 7 aromatic rings. The molecule has 6 heterocycles. The summed E-state index contributed by atoms with van der Waals surface area (Å²) in [6.45, 7) is 19.2. The average molecular weight is 1390 g/mol. The number of piperazine rings is 1. The number of aliphatic hydroxyl groups is 1. The van der Waals surface area contributed by atoms with Crippen LogP contribution in [0, 0.1) is 33.8 Å². The number of piperidine rings is 1. The van der Waals surface area contributed by atoms with Crippen molar-refractivity contribution in [3.05, 3.63) is 158 Å². The first-order valence-electron chi connectivity index (χ1n) is 33.9. The number of unbranched alkanes of at least 4 members (excludes halogenated alkanes) is 2. The SMILES string of the molecule is Cc1ncsc1-c1ccc(CNC(=O)[C@@H]2C[C@@H](O)CN2C(=O)[C@@H](NC(=O)CCCCCN2CCC(CNc3ccc(S(=O)(=O)NC(=O)c4ccc(N5CCN(CC6=C(c7ccc(Cl)cc7)CC(C)(C)CC6)CC5)cc4Oc4cnc5[nH]ccc5c4)cc3[N+](=O)[O-])CC2)C(C)(C)C)cc1. The summed E-state index contributed by atoms with van der Waals surface area (Å²) in [5.41, 5.74) is 9.33. The predicted octanol–water partition coefficient (Wildman–Crippen LogP) is 11.7. The van der Waals surface area contributed by atoms with Crippen molar-refractivity contribution in [1.82, 2.24) is 45.0 Å². The molecule has 3 aliphatic heterocycles. The largest absolute Gasteiger partial charge is 0.455 e. The van der Waals surface area contributed by atoms with Gasteiger partial charge in [-0.3, -0.25) is 34.2 Å². The Labute approximate surface area is 582 Å². The number of nitro benzene ring substituents is 1. The maximum absolute atomic E-state index is 14.2. The van der Waals surface area contributed by atoms with Crippen LogP contribution in [-0.4, -0.2) is 155 Å². The average Bonchev–Trinajstić information content (AvgIpc) is 0.970. The monoisotopic (exact) mass is 1390 g/mol. The summed E-state index contributed by atoms with van der Waals surface area (Å²) in [7, 11) is -4.65. The number of β-amino-alcohol motifs (C(OH)–C–C–N with tert-alkyl or cyclic N) is 1. The number of rotatable bonds is 25. The van der Waals surface area contributed by atoms with E-state index in [0.29, 0.717) is 42.5 Å². The smallest absolute Gasteiger partial charge is 0.293 e. The Morgan fingerprint density at radius 3 is 2.36 bits per heavy atom. The fourth-order valence-corrected chi connectivity index (χ4v) is 15.6. The second-order valence-corrected chi connectivity index (χ2v) is 31.3. The van der Waals surface area contributed by atoms with Crippen LogP contribution in [0.3, 0.4) is 0 Å². The molecule has 3 fully saturated rings. The number of likely N-dealkylation sites (tertiary alicyclic amines) is 2. The molecule has 0 unspecified atom stereocenters. The number of halogens is 1. The molecular weight excluding hydrogens is 1300 g/mol. The Hall–Kier alpha value is -8.26. The van der Waals surface area contributed by atoms with Gasteiger partial charge in [-0.2, -0.15) is 0 Å². The van der Waals surface area contributed by atoms with Crippen molar-refractivity contribution >= 4 is 90.3 Å². The van der Waals surface area contributed by atoms with Crippen molar-refractivity contribution < 1.29 is 42.4 Å². The van der Waals surface area contributed by atoms with E-state index >= 15 is 0 Å². The van der Waals surface area contributed by atoms with E-state index in [0.717, 1.165) is 123 Å². The fourth-order valence-electron chi connectivity index (χ4n) is 13.7. The minimum atomic E-state index is -4.65. The van der Waals surface area contributed by atoms with Crippen molar-refractivity contribution in [2.75, 3.05) is 75.7 Å². The van der Waals surface area contributed by atoms with Gasteiger partial charge in [0.05, 0.1) is 43.8 Å². The Kier molecular flexibility index (Phi) is 22.4. The quantitative estimate of drug-likeness (QED) is 0.0176. The lowest BCUT2D eigenvalue weighted by Crippen LogP contribution is -2.57. The predicted molar refractivity (Wildman–Crippen MR) is 383 cm³/mol. The molecule has 1 aliphatic carbocycles. The molecule has 98 heavy (non-hydrogen) atoms. The van der Waals surface area contributed by atoms with Crippen molar-refractivity contribution in [1.29, 1.82) is 0 Å². The number of H-pyrrole nitrogens is 1. The summed E-state index contributed by atoms with van der Waals surface area (Å²) in [5.74, 6) is -1.40. The van der Waals surface area contributed by atoms with Gasteiger partial charge in [0.2, 0.25) is 17.7 Å². The third-order valence-corrected chi connectivity index (χ3v) is 22.0. The molecule has 3 saturated heterocycles. The van der Waals surface area contributed by atoms with Crippen molar-refractivity contribution in [2.24, 2.45) is 16.7 Å². The maximum atomic E-state index is 14.2. The van der Waals surface area contributed by atoms with E-state index in [2.05, 4.69) is 76.3 Å². The molecule has 0 saturated carbocycles. The van der Waals surface area contributed by atoms with E-state index in [9.17, 15) is 42.8 Å². The minimum Gasteiger partial charge on any atom is -0.455 e. The number of carbonyl (C=O) groups excluding carboxylic acids is 4. The molecule has 6 N–H and O–H groups in total. The van der Waals surface area contributed by atoms with E-state index in [4.69, 9.17) is 16.3 Å². The topological polar surface area (TPSA) is 278 Å². The number of aliphatic hydroxyl groups excluding tert-OH is 1. The first-order valence-corrected chi connectivity index (χ1v) is 36.6. The van der Waals surface area contributed by atoms with E-state index in [1.54, 1.807) is 35.7 Å². The van der Waals surface area contributed by atoms with Crippen LogP contribution in [0.25, 0.3) is 27.0 Å². The highest BCUT2D eigenvalue weighted by molar-refractivity contribution is 7.90. The van der Waals surface area contributed by atoms with Crippen LogP contribution < -0.4 is 30.3 Å². The number of carbonyl (C=O) groups is 4. The Bertz CT molecular complexity index is 4180. The number of sulfonamides is 1.